The van der Waals surface area contributed by atoms with Gasteiger partial charge in [-0.15, -0.1) is 11.8 Å². The average molecular weight is 188 g/mol. The Kier molecular flexibility index (Phi) is 3.09. The van der Waals surface area contributed by atoms with Crippen LogP contribution in [0.25, 0.3) is 0 Å². The van der Waals surface area contributed by atoms with Gasteiger partial charge in [-0.25, -0.2) is 8.78 Å². The van der Waals surface area contributed by atoms with Crippen molar-refractivity contribution in [2.24, 2.45) is 0 Å². The highest BCUT2D eigenvalue weighted by molar-refractivity contribution is 7.98. The van der Waals surface area contributed by atoms with Crippen molar-refractivity contribution in [1.29, 1.82) is 0 Å². The van der Waals surface area contributed by atoms with E-state index >= 15 is 0 Å². The van der Waals surface area contributed by atoms with Crippen LogP contribution in [0.15, 0.2) is 23.1 Å². The van der Waals surface area contributed by atoms with Gasteiger partial charge in [-0.3, -0.25) is 0 Å². The fourth-order valence-electron chi connectivity index (χ4n) is 1.02. The van der Waals surface area contributed by atoms with Gasteiger partial charge in [0, 0.05) is 10.5 Å². The van der Waals surface area contributed by atoms with Gasteiger partial charge in [-0.1, -0.05) is 6.07 Å². The number of thioether (sulfide) groups is 1. The van der Waals surface area contributed by atoms with E-state index in [0.29, 0.717) is 0 Å². The summed E-state index contributed by atoms with van der Waals surface area (Å²) in [5.41, 5.74) is 0.997. The van der Waals surface area contributed by atoms with E-state index in [1.54, 1.807) is 0 Å². The highest BCUT2D eigenvalue weighted by atomic mass is 32.2. The molecule has 0 saturated heterocycles. The number of hydrogen-bond acceptors (Lipinski definition) is 1. The van der Waals surface area contributed by atoms with E-state index in [1.165, 1.54) is 23.9 Å². The summed E-state index contributed by atoms with van der Waals surface area (Å²) in [5.74, 6) is 0. The van der Waals surface area contributed by atoms with E-state index in [4.69, 9.17) is 0 Å². The van der Waals surface area contributed by atoms with Crippen LogP contribution < -0.4 is 0 Å². The molecule has 0 aromatic heterocycles. The molecule has 3 heteroatoms. The van der Waals surface area contributed by atoms with Crippen LogP contribution in [-0.2, 0) is 0 Å². The van der Waals surface area contributed by atoms with Crippen molar-refractivity contribution in [3.05, 3.63) is 29.3 Å². The molecule has 0 bridgehead atoms. The van der Waals surface area contributed by atoms with Gasteiger partial charge >= 0.3 is 0 Å². The molecule has 0 heterocycles. The van der Waals surface area contributed by atoms with Gasteiger partial charge in [0.1, 0.15) is 0 Å². The smallest absolute Gasteiger partial charge is 0.205 e. The number of alkyl halides is 2. The molecule has 0 spiro atoms. The summed E-state index contributed by atoms with van der Waals surface area (Å²) in [7, 11) is 0. The second-order valence-corrected chi connectivity index (χ2v) is 3.46. The third-order valence-electron chi connectivity index (χ3n) is 1.56. The fraction of sp³-hybridized carbons (Fsp3) is 0.333. The molecule has 0 amide bonds. The molecule has 1 aromatic rings. The zero-order chi connectivity index (χ0) is 9.14. The number of hydrogen-bond donors (Lipinski definition) is 0. The highest BCUT2D eigenvalue weighted by Crippen LogP contribution is 2.25. The topological polar surface area (TPSA) is 0 Å². The Labute approximate surface area is 75.0 Å². The Morgan fingerprint density at radius 2 is 1.92 bits per heavy atom. The molecule has 0 nitrogen and oxygen atoms in total. The number of aryl methyl sites for hydroxylation is 1. The molecule has 0 atom stereocenters. The van der Waals surface area contributed by atoms with E-state index in [9.17, 15) is 8.78 Å². The standard InChI is InChI=1S/C9H10F2S/c1-6-3-7(9(10)11)5-8(4-6)12-2/h3-5,9H,1-2H3. The van der Waals surface area contributed by atoms with Crippen molar-refractivity contribution in [2.75, 3.05) is 6.26 Å². The van der Waals surface area contributed by atoms with Gasteiger partial charge in [0.05, 0.1) is 0 Å². The van der Waals surface area contributed by atoms with Crippen molar-refractivity contribution in [1.82, 2.24) is 0 Å². The maximum atomic E-state index is 12.3. The Hall–Kier alpha value is -0.570. The molecular formula is C9H10F2S. The first-order valence-electron chi connectivity index (χ1n) is 3.57. The van der Waals surface area contributed by atoms with Gasteiger partial charge < -0.3 is 0 Å². The maximum absolute atomic E-state index is 12.3. The molecule has 66 valence electrons. The van der Waals surface area contributed by atoms with E-state index in [2.05, 4.69) is 0 Å². The lowest BCUT2D eigenvalue weighted by molar-refractivity contribution is 0.151. The van der Waals surface area contributed by atoms with Crippen LogP contribution in [0.5, 0.6) is 0 Å². The minimum atomic E-state index is -2.37. The van der Waals surface area contributed by atoms with Crippen LogP contribution in [0, 0.1) is 6.92 Å². The summed E-state index contributed by atoms with van der Waals surface area (Å²) in [4.78, 5) is 0.894. The molecule has 0 radical (unpaired) electrons. The molecule has 0 N–H and O–H groups in total. The summed E-state index contributed by atoms with van der Waals surface area (Å²) in [5, 5.41) is 0. The van der Waals surface area contributed by atoms with E-state index in [1.807, 2.05) is 19.2 Å². The minimum Gasteiger partial charge on any atom is -0.205 e. The zero-order valence-electron chi connectivity index (χ0n) is 6.97. The average Bonchev–Trinajstić information content (AvgIpc) is 2.03. The second-order valence-electron chi connectivity index (χ2n) is 2.58. The first kappa shape index (κ1) is 9.52. The van der Waals surface area contributed by atoms with E-state index < -0.39 is 6.43 Å². The van der Waals surface area contributed by atoms with Crippen LogP contribution in [0.4, 0.5) is 8.78 Å². The molecule has 0 saturated carbocycles. The van der Waals surface area contributed by atoms with Crippen LogP contribution in [0.2, 0.25) is 0 Å². The number of rotatable bonds is 2. The predicted octanol–water partition coefficient (Wildman–Crippen LogP) is 3.65. The molecule has 0 fully saturated rings. The SMILES string of the molecule is CSc1cc(C)cc(C(F)F)c1. The first-order valence-corrected chi connectivity index (χ1v) is 4.79. The summed E-state index contributed by atoms with van der Waals surface area (Å²) in [6, 6.07) is 4.95. The maximum Gasteiger partial charge on any atom is 0.263 e. The molecule has 0 aliphatic heterocycles. The third kappa shape index (κ3) is 2.21. The first-order chi connectivity index (χ1) is 5.63. The highest BCUT2D eigenvalue weighted by Gasteiger charge is 2.07. The number of benzene rings is 1. The summed E-state index contributed by atoms with van der Waals surface area (Å²) in [6.07, 6.45) is -0.486. The van der Waals surface area contributed by atoms with Gasteiger partial charge in [0.25, 0.3) is 6.43 Å². The van der Waals surface area contributed by atoms with Crippen LogP contribution in [0.3, 0.4) is 0 Å². The van der Waals surface area contributed by atoms with Crippen molar-refractivity contribution < 1.29 is 8.78 Å². The van der Waals surface area contributed by atoms with Crippen LogP contribution in [0.1, 0.15) is 17.6 Å². The second kappa shape index (κ2) is 3.90. The van der Waals surface area contributed by atoms with Crippen molar-refractivity contribution >= 4 is 11.8 Å². The number of halogens is 2. The summed E-state index contributed by atoms with van der Waals surface area (Å²) < 4.78 is 24.5. The molecule has 0 unspecified atom stereocenters. The summed E-state index contributed by atoms with van der Waals surface area (Å²) >= 11 is 1.48. The third-order valence-corrected chi connectivity index (χ3v) is 2.27. The molecule has 0 aliphatic rings. The van der Waals surface area contributed by atoms with Crippen LogP contribution in [-0.4, -0.2) is 6.26 Å². The lowest BCUT2D eigenvalue weighted by Gasteiger charge is -2.04. The van der Waals surface area contributed by atoms with Gasteiger partial charge in [-0.05, 0) is 30.9 Å². The molecular weight excluding hydrogens is 178 g/mol. The molecule has 1 rings (SSSR count). The van der Waals surface area contributed by atoms with Crippen LogP contribution >= 0.6 is 11.8 Å². The zero-order valence-corrected chi connectivity index (χ0v) is 7.79. The Bertz CT molecular complexity index is 271. The Balaban J connectivity index is 3.06. The van der Waals surface area contributed by atoms with Crippen molar-refractivity contribution in [2.45, 2.75) is 18.2 Å². The van der Waals surface area contributed by atoms with Gasteiger partial charge in [0.2, 0.25) is 0 Å². The Morgan fingerprint density at radius 1 is 1.25 bits per heavy atom. The molecule has 0 aliphatic carbocycles. The fourth-order valence-corrected chi connectivity index (χ4v) is 1.58. The Morgan fingerprint density at radius 3 is 2.42 bits per heavy atom. The monoisotopic (exact) mass is 188 g/mol. The van der Waals surface area contributed by atoms with E-state index in [-0.39, 0.29) is 5.56 Å². The summed E-state index contributed by atoms with van der Waals surface area (Å²) in [6.45, 7) is 1.82. The lowest BCUT2D eigenvalue weighted by Crippen LogP contribution is -1.86. The van der Waals surface area contributed by atoms with E-state index in [0.717, 1.165) is 10.5 Å². The van der Waals surface area contributed by atoms with Crippen molar-refractivity contribution in [3.8, 4) is 0 Å². The predicted molar refractivity (Wildman–Crippen MR) is 47.9 cm³/mol. The van der Waals surface area contributed by atoms with Gasteiger partial charge in [0.15, 0.2) is 0 Å². The molecule has 1 aromatic carbocycles. The largest absolute Gasteiger partial charge is 0.263 e. The lowest BCUT2D eigenvalue weighted by atomic mass is 10.1. The normalized spacial score (nSPS) is 10.8. The molecule has 12 heavy (non-hydrogen) atoms. The van der Waals surface area contributed by atoms with Crippen molar-refractivity contribution in [3.63, 3.8) is 0 Å². The minimum absolute atomic E-state index is 0.111. The quantitative estimate of drug-likeness (QED) is 0.638. The van der Waals surface area contributed by atoms with Gasteiger partial charge in [-0.2, -0.15) is 0 Å².